The smallest absolute Gasteiger partial charge is 0.328 e. The molecule has 7 heteroatoms. The number of carbonyl (C=O) groups is 3. The Morgan fingerprint density at radius 2 is 2.04 bits per heavy atom. The summed E-state index contributed by atoms with van der Waals surface area (Å²) in [5.41, 5.74) is 2.91. The van der Waals surface area contributed by atoms with Crippen molar-refractivity contribution in [1.29, 1.82) is 0 Å². The summed E-state index contributed by atoms with van der Waals surface area (Å²) in [6, 6.07) is 4.77. The van der Waals surface area contributed by atoms with Crippen molar-refractivity contribution in [2.75, 3.05) is 31.2 Å². The van der Waals surface area contributed by atoms with Gasteiger partial charge in [0.2, 0.25) is 11.8 Å². The van der Waals surface area contributed by atoms with Crippen LogP contribution in [0.4, 0.5) is 5.69 Å². The Morgan fingerprint density at radius 3 is 2.76 bits per heavy atom. The molecule has 2 aliphatic rings. The van der Waals surface area contributed by atoms with E-state index < -0.39 is 17.9 Å². The second kappa shape index (κ2) is 6.84. The maximum Gasteiger partial charge on any atom is 0.328 e. The summed E-state index contributed by atoms with van der Waals surface area (Å²) in [5.74, 6) is -1.99. The van der Waals surface area contributed by atoms with Gasteiger partial charge in [-0.3, -0.25) is 9.59 Å². The van der Waals surface area contributed by atoms with Crippen LogP contribution in [0.15, 0.2) is 18.2 Å². The van der Waals surface area contributed by atoms with Gasteiger partial charge in [0.25, 0.3) is 0 Å². The minimum absolute atomic E-state index is 0.0115. The van der Waals surface area contributed by atoms with Crippen LogP contribution in [0.5, 0.6) is 0 Å². The standard InChI is InChI=1S/C18H22N2O5/c1-11-4-3-5-14(12(11)2)20-9-13(8-16(20)21)17(22)19-6-7-25-10-15(19)18(23)24/h3-5,13,15H,6-10H2,1-2H3,(H,23,24)/t13-,15-/m0/s1. The second-order valence-corrected chi connectivity index (χ2v) is 6.59. The van der Waals surface area contributed by atoms with E-state index in [0.717, 1.165) is 16.8 Å². The molecule has 0 aromatic heterocycles. The van der Waals surface area contributed by atoms with Crippen molar-refractivity contribution in [3.05, 3.63) is 29.3 Å². The lowest BCUT2D eigenvalue weighted by Gasteiger charge is -2.34. The van der Waals surface area contributed by atoms with Crippen LogP contribution in [0.2, 0.25) is 0 Å². The number of amides is 2. The summed E-state index contributed by atoms with van der Waals surface area (Å²) in [7, 11) is 0. The molecule has 7 nitrogen and oxygen atoms in total. The highest BCUT2D eigenvalue weighted by Crippen LogP contribution is 2.30. The Labute approximate surface area is 146 Å². The summed E-state index contributed by atoms with van der Waals surface area (Å²) in [4.78, 5) is 39.6. The molecule has 2 fully saturated rings. The van der Waals surface area contributed by atoms with Crippen LogP contribution < -0.4 is 4.90 Å². The Morgan fingerprint density at radius 1 is 1.28 bits per heavy atom. The fourth-order valence-corrected chi connectivity index (χ4v) is 3.44. The van der Waals surface area contributed by atoms with Gasteiger partial charge in [-0.2, -0.15) is 0 Å². The average molecular weight is 346 g/mol. The number of aryl methyl sites for hydroxylation is 1. The van der Waals surface area contributed by atoms with E-state index in [1.54, 1.807) is 4.90 Å². The van der Waals surface area contributed by atoms with Crippen LogP contribution in [0.25, 0.3) is 0 Å². The van der Waals surface area contributed by atoms with Crippen LogP contribution in [0.3, 0.4) is 0 Å². The number of nitrogens with zero attached hydrogens (tertiary/aromatic N) is 2. The summed E-state index contributed by atoms with van der Waals surface area (Å²) in [5, 5.41) is 9.30. The van der Waals surface area contributed by atoms with E-state index in [1.807, 2.05) is 32.0 Å². The Bertz CT molecular complexity index is 717. The minimum atomic E-state index is -1.08. The molecule has 2 amide bonds. The molecular formula is C18H22N2O5. The predicted octanol–water partition coefficient (Wildman–Crippen LogP) is 0.968. The number of benzene rings is 1. The predicted molar refractivity (Wildman–Crippen MR) is 90.3 cm³/mol. The quantitative estimate of drug-likeness (QED) is 0.881. The number of carboxylic acid groups (broad SMARTS) is 1. The zero-order chi connectivity index (χ0) is 18.1. The molecule has 1 aromatic carbocycles. The lowest BCUT2D eigenvalue weighted by Crippen LogP contribution is -2.54. The maximum absolute atomic E-state index is 12.8. The first kappa shape index (κ1) is 17.4. The first-order chi connectivity index (χ1) is 11.9. The van der Waals surface area contributed by atoms with Crippen molar-refractivity contribution < 1.29 is 24.2 Å². The second-order valence-electron chi connectivity index (χ2n) is 6.59. The van der Waals surface area contributed by atoms with Crippen LogP contribution in [-0.2, 0) is 19.1 Å². The Kier molecular flexibility index (Phi) is 4.76. The highest BCUT2D eigenvalue weighted by Gasteiger charge is 2.41. The summed E-state index contributed by atoms with van der Waals surface area (Å²) in [6.45, 7) is 4.76. The van der Waals surface area contributed by atoms with Gasteiger partial charge in [-0.05, 0) is 31.0 Å². The molecule has 25 heavy (non-hydrogen) atoms. The van der Waals surface area contributed by atoms with Crippen LogP contribution in [0.1, 0.15) is 17.5 Å². The van der Waals surface area contributed by atoms with E-state index in [2.05, 4.69) is 0 Å². The zero-order valence-electron chi connectivity index (χ0n) is 14.4. The summed E-state index contributed by atoms with van der Waals surface area (Å²) >= 11 is 0. The maximum atomic E-state index is 12.8. The number of carboxylic acids is 1. The molecule has 0 unspecified atom stereocenters. The number of hydrogen-bond donors (Lipinski definition) is 1. The lowest BCUT2D eigenvalue weighted by atomic mass is 10.0. The molecule has 0 spiro atoms. The molecule has 0 radical (unpaired) electrons. The molecule has 0 aliphatic carbocycles. The van der Waals surface area contributed by atoms with Gasteiger partial charge in [0, 0.05) is 25.2 Å². The molecule has 3 rings (SSSR count). The molecular weight excluding hydrogens is 324 g/mol. The lowest BCUT2D eigenvalue weighted by molar-refractivity contribution is -0.160. The number of carbonyl (C=O) groups excluding carboxylic acids is 2. The largest absolute Gasteiger partial charge is 0.480 e. The molecule has 2 atom stereocenters. The fourth-order valence-electron chi connectivity index (χ4n) is 3.44. The van der Waals surface area contributed by atoms with Crippen molar-refractivity contribution >= 4 is 23.5 Å². The van der Waals surface area contributed by atoms with E-state index >= 15 is 0 Å². The molecule has 0 bridgehead atoms. The Hall–Kier alpha value is -2.41. The van der Waals surface area contributed by atoms with E-state index in [4.69, 9.17) is 4.74 Å². The number of morpholine rings is 1. The van der Waals surface area contributed by atoms with Crippen molar-refractivity contribution in [1.82, 2.24) is 4.90 Å². The number of hydrogen-bond acceptors (Lipinski definition) is 4. The van der Waals surface area contributed by atoms with E-state index in [1.165, 1.54) is 4.90 Å². The van der Waals surface area contributed by atoms with Crippen molar-refractivity contribution in [3.63, 3.8) is 0 Å². The van der Waals surface area contributed by atoms with E-state index in [9.17, 15) is 19.5 Å². The number of ether oxygens (including phenoxy) is 1. The third-order valence-corrected chi connectivity index (χ3v) is 5.04. The van der Waals surface area contributed by atoms with Crippen molar-refractivity contribution in [2.24, 2.45) is 5.92 Å². The minimum Gasteiger partial charge on any atom is -0.480 e. The van der Waals surface area contributed by atoms with Gasteiger partial charge in [0.1, 0.15) is 0 Å². The monoisotopic (exact) mass is 346 g/mol. The van der Waals surface area contributed by atoms with E-state index in [-0.39, 0.29) is 37.9 Å². The normalized spacial score (nSPS) is 23.8. The third-order valence-electron chi connectivity index (χ3n) is 5.04. The highest BCUT2D eigenvalue weighted by molar-refractivity contribution is 6.01. The number of aliphatic carboxylic acids is 1. The van der Waals surface area contributed by atoms with Gasteiger partial charge < -0.3 is 19.6 Å². The Balaban J connectivity index is 1.79. The third kappa shape index (κ3) is 3.24. The van der Waals surface area contributed by atoms with Crippen LogP contribution >= 0.6 is 0 Å². The SMILES string of the molecule is Cc1cccc(N2C[C@@H](C(=O)N3CCOC[C@H]3C(=O)O)CC2=O)c1C. The van der Waals surface area contributed by atoms with Gasteiger partial charge in [0.05, 0.1) is 19.1 Å². The average Bonchev–Trinajstić information content (AvgIpc) is 2.98. The molecule has 1 aromatic rings. The summed E-state index contributed by atoms with van der Waals surface area (Å²) in [6.07, 6.45) is 0.107. The van der Waals surface area contributed by atoms with Gasteiger partial charge in [-0.15, -0.1) is 0 Å². The van der Waals surface area contributed by atoms with Gasteiger partial charge >= 0.3 is 5.97 Å². The van der Waals surface area contributed by atoms with Gasteiger partial charge in [0.15, 0.2) is 6.04 Å². The highest BCUT2D eigenvalue weighted by atomic mass is 16.5. The first-order valence-corrected chi connectivity index (χ1v) is 8.37. The molecule has 2 heterocycles. The molecule has 2 saturated heterocycles. The summed E-state index contributed by atoms with van der Waals surface area (Å²) < 4.78 is 5.17. The first-order valence-electron chi connectivity index (χ1n) is 8.37. The number of anilines is 1. The molecule has 1 N–H and O–H groups in total. The molecule has 2 aliphatic heterocycles. The van der Waals surface area contributed by atoms with Gasteiger partial charge in [-0.1, -0.05) is 12.1 Å². The number of rotatable bonds is 3. The van der Waals surface area contributed by atoms with Crippen molar-refractivity contribution in [3.8, 4) is 0 Å². The van der Waals surface area contributed by atoms with E-state index in [0.29, 0.717) is 6.61 Å². The molecule has 134 valence electrons. The topological polar surface area (TPSA) is 87.2 Å². The van der Waals surface area contributed by atoms with Crippen LogP contribution in [0, 0.1) is 19.8 Å². The molecule has 0 saturated carbocycles. The van der Waals surface area contributed by atoms with Gasteiger partial charge in [-0.25, -0.2) is 4.79 Å². The van der Waals surface area contributed by atoms with Crippen LogP contribution in [-0.4, -0.2) is 60.1 Å². The zero-order valence-corrected chi connectivity index (χ0v) is 14.4. The fraction of sp³-hybridized carbons (Fsp3) is 0.500. The van der Waals surface area contributed by atoms with Crippen molar-refractivity contribution in [2.45, 2.75) is 26.3 Å².